The van der Waals surface area contributed by atoms with E-state index in [0.717, 1.165) is 13.0 Å². The van der Waals surface area contributed by atoms with Crippen LogP contribution in [-0.4, -0.2) is 36.0 Å². The van der Waals surface area contributed by atoms with Gasteiger partial charge in [0.1, 0.15) is 0 Å². The summed E-state index contributed by atoms with van der Waals surface area (Å²) in [5.41, 5.74) is 1.22. The van der Waals surface area contributed by atoms with Crippen LogP contribution in [0.15, 0.2) is 42.5 Å². The topological polar surface area (TPSA) is 27.7 Å². The third kappa shape index (κ3) is 9.64. The molecule has 0 unspecified atom stereocenters. The van der Waals surface area contributed by atoms with Gasteiger partial charge in [0.05, 0.1) is 25.9 Å². The molecule has 0 heterocycles. The molecule has 1 aromatic rings. The maximum absolute atomic E-state index is 6.86. The second kappa shape index (κ2) is 12.1. The van der Waals surface area contributed by atoms with E-state index in [9.17, 15) is 0 Å². The Bertz CT molecular complexity index is 685. The summed E-state index contributed by atoms with van der Waals surface area (Å²) in [6.07, 6.45) is 5.52. The highest BCUT2D eigenvalue weighted by atomic mass is 28.4. The molecule has 2 atom stereocenters. The molecule has 3 nitrogen and oxygen atoms in total. The quantitative estimate of drug-likeness (QED) is 0.172. The maximum atomic E-state index is 6.86. The highest BCUT2D eigenvalue weighted by molar-refractivity contribution is 6.74. The van der Waals surface area contributed by atoms with Crippen molar-refractivity contribution in [1.29, 1.82) is 0 Å². The van der Waals surface area contributed by atoms with E-state index >= 15 is 0 Å². The van der Waals surface area contributed by atoms with Crippen molar-refractivity contribution in [2.24, 2.45) is 5.92 Å². The molecular weight excluding hydrogens is 428 g/mol. The smallest absolute Gasteiger partial charge is 0.192 e. The first kappa shape index (κ1) is 29.3. The lowest BCUT2D eigenvalue weighted by Gasteiger charge is -2.42. The third-order valence-corrected chi connectivity index (χ3v) is 16.2. The molecule has 0 aliphatic rings. The monoisotopic (exact) mass is 478 g/mol. The molecule has 0 radical (unpaired) electrons. The van der Waals surface area contributed by atoms with Gasteiger partial charge in [0.15, 0.2) is 16.6 Å². The minimum atomic E-state index is -1.89. The van der Waals surface area contributed by atoms with Gasteiger partial charge in [0.25, 0.3) is 0 Å². The first-order chi connectivity index (χ1) is 14.6. The molecule has 0 N–H and O–H groups in total. The van der Waals surface area contributed by atoms with Crippen LogP contribution in [0.2, 0.25) is 36.3 Å². The average molecular weight is 479 g/mol. The number of ether oxygens (including phenoxy) is 1. The van der Waals surface area contributed by atoms with Crippen molar-refractivity contribution in [3.8, 4) is 0 Å². The van der Waals surface area contributed by atoms with Crippen molar-refractivity contribution in [2.75, 3.05) is 13.2 Å². The van der Waals surface area contributed by atoms with Crippen LogP contribution in [0, 0.1) is 5.92 Å². The summed E-state index contributed by atoms with van der Waals surface area (Å²) in [6.45, 7) is 27.4. The Morgan fingerprint density at radius 1 is 0.875 bits per heavy atom. The fraction of sp³-hybridized carbons (Fsp3) is 0.704. The van der Waals surface area contributed by atoms with Gasteiger partial charge in [-0.25, -0.2) is 0 Å². The van der Waals surface area contributed by atoms with Crippen LogP contribution in [0.1, 0.15) is 60.5 Å². The average Bonchev–Trinajstić information content (AvgIpc) is 2.66. The summed E-state index contributed by atoms with van der Waals surface area (Å²) in [5.74, 6) is 0.294. The van der Waals surface area contributed by atoms with Crippen molar-refractivity contribution in [2.45, 2.75) is 104 Å². The van der Waals surface area contributed by atoms with E-state index in [2.05, 4.69) is 111 Å². The molecule has 0 aromatic heterocycles. The Labute approximate surface area is 201 Å². The summed E-state index contributed by atoms with van der Waals surface area (Å²) >= 11 is 0. The SMILES string of the molecule is C[C@@H](/C=C\CCOCc1ccccc1)[C@H](CO[Si](C)(C)C(C)(C)C)O[Si](C)(C)C(C)(C)C. The molecular formula is C27H50O3Si2. The van der Waals surface area contributed by atoms with Crippen molar-refractivity contribution in [3.63, 3.8) is 0 Å². The van der Waals surface area contributed by atoms with Gasteiger partial charge in [0, 0.05) is 5.92 Å². The van der Waals surface area contributed by atoms with Crippen LogP contribution in [0.5, 0.6) is 0 Å². The summed E-state index contributed by atoms with van der Waals surface area (Å²) < 4.78 is 19.3. The molecule has 5 heteroatoms. The van der Waals surface area contributed by atoms with E-state index in [1.165, 1.54) is 5.56 Å². The molecule has 0 saturated heterocycles. The van der Waals surface area contributed by atoms with Gasteiger partial charge in [-0.05, 0) is 48.2 Å². The fourth-order valence-corrected chi connectivity index (χ4v) is 5.11. The molecule has 0 aliphatic carbocycles. The number of benzene rings is 1. The Kier molecular flexibility index (Phi) is 11.1. The highest BCUT2D eigenvalue weighted by Crippen LogP contribution is 2.40. The van der Waals surface area contributed by atoms with Crippen LogP contribution in [0.4, 0.5) is 0 Å². The minimum absolute atomic E-state index is 0.0755. The lowest BCUT2D eigenvalue weighted by atomic mass is 10.1. The van der Waals surface area contributed by atoms with E-state index < -0.39 is 16.6 Å². The second-order valence-corrected chi connectivity index (χ2v) is 21.7. The number of rotatable bonds is 12. The molecule has 0 bridgehead atoms. The Balaban J connectivity index is 2.71. The minimum Gasteiger partial charge on any atom is -0.414 e. The van der Waals surface area contributed by atoms with E-state index in [1.807, 2.05) is 6.07 Å². The van der Waals surface area contributed by atoms with E-state index in [1.54, 1.807) is 0 Å². The van der Waals surface area contributed by atoms with Gasteiger partial charge in [0.2, 0.25) is 0 Å². The van der Waals surface area contributed by atoms with E-state index in [4.69, 9.17) is 13.6 Å². The summed E-state index contributed by atoms with van der Waals surface area (Å²) in [7, 11) is -3.72. The van der Waals surface area contributed by atoms with Gasteiger partial charge >= 0.3 is 0 Å². The zero-order chi connectivity index (χ0) is 24.6. The predicted molar refractivity (Wildman–Crippen MR) is 144 cm³/mol. The third-order valence-electron chi connectivity index (χ3n) is 7.23. The second-order valence-electron chi connectivity index (χ2n) is 12.1. The van der Waals surface area contributed by atoms with Crippen LogP contribution in [0.3, 0.4) is 0 Å². The summed E-state index contributed by atoms with van der Waals surface area (Å²) in [5, 5.41) is 0.376. The molecule has 1 rings (SSSR count). The van der Waals surface area contributed by atoms with Crippen molar-refractivity contribution in [3.05, 3.63) is 48.0 Å². The van der Waals surface area contributed by atoms with Gasteiger partial charge in [-0.2, -0.15) is 0 Å². The van der Waals surface area contributed by atoms with Gasteiger partial charge < -0.3 is 13.6 Å². The zero-order valence-electron chi connectivity index (χ0n) is 22.7. The number of hydrogen-bond acceptors (Lipinski definition) is 3. The zero-order valence-corrected chi connectivity index (χ0v) is 24.7. The maximum Gasteiger partial charge on any atom is 0.192 e. The van der Waals surface area contributed by atoms with Crippen LogP contribution in [0.25, 0.3) is 0 Å². The van der Waals surface area contributed by atoms with Gasteiger partial charge in [-0.1, -0.05) is 91.0 Å². The Morgan fingerprint density at radius 3 is 1.97 bits per heavy atom. The Hall–Kier alpha value is -0.726. The van der Waals surface area contributed by atoms with Crippen LogP contribution >= 0.6 is 0 Å². The normalized spacial score (nSPS) is 15.8. The lowest BCUT2D eigenvalue weighted by Crippen LogP contribution is -2.49. The molecule has 0 aliphatic heterocycles. The van der Waals surface area contributed by atoms with E-state index in [0.29, 0.717) is 19.1 Å². The molecule has 184 valence electrons. The number of hydrogen-bond donors (Lipinski definition) is 0. The van der Waals surface area contributed by atoms with Gasteiger partial charge in [-0.3, -0.25) is 0 Å². The molecule has 32 heavy (non-hydrogen) atoms. The first-order valence-electron chi connectivity index (χ1n) is 12.2. The van der Waals surface area contributed by atoms with Crippen LogP contribution < -0.4 is 0 Å². The van der Waals surface area contributed by atoms with E-state index in [-0.39, 0.29) is 16.2 Å². The molecule has 0 fully saturated rings. The molecule has 1 aromatic carbocycles. The van der Waals surface area contributed by atoms with Crippen molar-refractivity contribution >= 4 is 16.6 Å². The first-order valence-corrected chi connectivity index (χ1v) is 18.0. The van der Waals surface area contributed by atoms with Crippen LogP contribution in [-0.2, 0) is 20.2 Å². The summed E-state index contributed by atoms with van der Waals surface area (Å²) in [4.78, 5) is 0. The van der Waals surface area contributed by atoms with Gasteiger partial charge in [-0.15, -0.1) is 0 Å². The molecule has 0 spiro atoms. The highest BCUT2D eigenvalue weighted by Gasteiger charge is 2.42. The molecule has 0 amide bonds. The van der Waals surface area contributed by atoms with Crippen molar-refractivity contribution < 1.29 is 13.6 Å². The summed E-state index contributed by atoms with van der Waals surface area (Å²) in [6, 6.07) is 10.3. The fourth-order valence-electron chi connectivity index (χ4n) is 2.71. The lowest BCUT2D eigenvalue weighted by molar-refractivity contribution is 0.0810. The Morgan fingerprint density at radius 2 is 1.44 bits per heavy atom. The largest absolute Gasteiger partial charge is 0.414 e. The predicted octanol–water partition coefficient (Wildman–Crippen LogP) is 8.20. The molecule has 0 saturated carbocycles. The standard InChI is InChI=1S/C27H50O3Si2/c1-23(17-15-16-20-28-21-24-18-13-12-14-19-24)25(30-32(10,11)27(5,6)7)22-29-31(8,9)26(2,3)4/h12-15,17-19,23,25H,16,20-22H2,1-11H3/b17-15-/t23-,25-/m0/s1. The van der Waals surface area contributed by atoms with Crippen molar-refractivity contribution in [1.82, 2.24) is 0 Å².